The van der Waals surface area contributed by atoms with Gasteiger partial charge in [-0.1, -0.05) is 0 Å². The van der Waals surface area contributed by atoms with Gasteiger partial charge in [0.1, 0.15) is 0 Å². The second kappa shape index (κ2) is 8.31. The SMILES string of the molecule is FC(F)(F)CN1CCC(NCCCN2CCOCC2)CC1. The summed E-state index contributed by atoms with van der Waals surface area (Å²) in [5.74, 6) is 0. The smallest absolute Gasteiger partial charge is 0.379 e. The third-order valence-corrected chi connectivity index (χ3v) is 4.18. The molecule has 0 aromatic heterocycles. The third kappa shape index (κ3) is 6.95. The molecule has 7 heteroatoms. The molecule has 2 fully saturated rings. The zero-order valence-corrected chi connectivity index (χ0v) is 12.5. The molecular weight excluding hydrogens is 283 g/mol. The molecule has 0 amide bonds. The lowest BCUT2D eigenvalue weighted by atomic mass is 10.0. The molecule has 0 aromatic carbocycles. The lowest BCUT2D eigenvalue weighted by molar-refractivity contribution is -0.148. The van der Waals surface area contributed by atoms with Crippen LogP contribution in [-0.4, -0.2) is 81.0 Å². The molecule has 0 spiro atoms. The minimum atomic E-state index is -4.07. The average Bonchev–Trinajstić information content (AvgIpc) is 2.45. The van der Waals surface area contributed by atoms with Gasteiger partial charge < -0.3 is 10.1 Å². The molecule has 2 heterocycles. The first-order chi connectivity index (χ1) is 10.0. The summed E-state index contributed by atoms with van der Waals surface area (Å²) in [6.07, 6.45) is -1.36. The van der Waals surface area contributed by atoms with E-state index in [1.54, 1.807) is 0 Å². The van der Waals surface area contributed by atoms with Gasteiger partial charge in [0.2, 0.25) is 0 Å². The summed E-state index contributed by atoms with van der Waals surface area (Å²) in [6.45, 7) is 6.00. The number of rotatable bonds is 6. The third-order valence-electron chi connectivity index (χ3n) is 4.18. The van der Waals surface area contributed by atoms with E-state index < -0.39 is 12.7 Å². The van der Waals surface area contributed by atoms with E-state index in [1.165, 1.54) is 4.90 Å². The highest BCUT2D eigenvalue weighted by Crippen LogP contribution is 2.19. The summed E-state index contributed by atoms with van der Waals surface area (Å²) in [5.41, 5.74) is 0. The number of morpholine rings is 1. The maximum absolute atomic E-state index is 12.3. The molecule has 1 N–H and O–H groups in total. The molecule has 0 atom stereocenters. The van der Waals surface area contributed by atoms with Gasteiger partial charge in [-0.15, -0.1) is 0 Å². The first-order valence-electron chi connectivity index (χ1n) is 7.85. The van der Waals surface area contributed by atoms with Crippen LogP contribution in [0.15, 0.2) is 0 Å². The van der Waals surface area contributed by atoms with Crippen LogP contribution < -0.4 is 5.32 Å². The summed E-state index contributed by atoms with van der Waals surface area (Å²) in [7, 11) is 0. The topological polar surface area (TPSA) is 27.7 Å². The Hall–Kier alpha value is -0.370. The summed E-state index contributed by atoms with van der Waals surface area (Å²) in [6, 6.07) is 0.374. The summed E-state index contributed by atoms with van der Waals surface area (Å²) in [4.78, 5) is 3.91. The first-order valence-corrected chi connectivity index (χ1v) is 7.85. The van der Waals surface area contributed by atoms with Crippen LogP contribution >= 0.6 is 0 Å². The molecule has 4 nitrogen and oxygen atoms in total. The van der Waals surface area contributed by atoms with Crippen molar-refractivity contribution in [2.45, 2.75) is 31.5 Å². The Bertz CT molecular complexity index is 288. The van der Waals surface area contributed by atoms with E-state index in [4.69, 9.17) is 4.74 Å². The van der Waals surface area contributed by atoms with Gasteiger partial charge in [-0.3, -0.25) is 9.80 Å². The van der Waals surface area contributed by atoms with Gasteiger partial charge in [0.15, 0.2) is 0 Å². The lowest BCUT2D eigenvalue weighted by Crippen LogP contribution is -2.46. The molecule has 0 aliphatic carbocycles. The number of nitrogens with zero attached hydrogens (tertiary/aromatic N) is 2. The Morgan fingerprint density at radius 1 is 1.00 bits per heavy atom. The Morgan fingerprint density at radius 3 is 2.29 bits per heavy atom. The van der Waals surface area contributed by atoms with Crippen molar-refractivity contribution < 1.29 is 17.9 Å². The summed E-state index contributed by atoms with van der Waals surface area (Å²) < 4.78 is 42.2. The van der Waals surface area contributed by atoms with Gasteiger partial charge in [-0.05, 0) is 45.4 Å². The molecule has 2 aliphatic rings. The van der Waals surface area contributed by atoms with Crippen molar-refractivity contribution in [3.8, 4) is 0 Å². The molecule has 21 heavy (non-hydrogen) atoms. The first kappa shape index (κ1) is 17.0. The maximum Gasteiger partial charge on any atom is 0.401 e. The highest BCUT2D eigenvalue weighted by molar-refractivity contribution is 4.78. The van der Waals surface area contributed by atoms with Gasteiger partial charge in [0, 0.05) is 19.1 Å². The van der Waals surface area contributed by atoms with Crippen molar-refractivity contribution in [3.05, 3.63) is 0 Å². The minimum Gasteiger partial charge on any atom is -0.379 e. The Kier molecular flexibility index (Phi) is 6.73. The van der Waals surface area contributed by atoms with E-state index in [1.807, 2.05) is 0 Å². The van der Waals surface area contributed by atoms with E-state index in [0.29, 0.717) is 19.1 Å². The second-order valence-corrected chi connectivity index (χ2v) is 5.93. The van der Waals surface area contributed by atoms with Crippen molar-refractivity contribution in [2.24, 2.45) is 0 Å². The highest BCUT2D eigenvalue weighted by Gasteiger charge is 2.32. The van der Waals surface area contributed by atoms with Crippen molar-refractivity contribution in [1.82, 2.24) is 15.1 Å². The van der Waals surface area contributed by atoms with E-state index in [9.17, 15) is 13.2 Å². The summed E-state index contributed by atoms with van der Waals surface area (Å²) >= 11 is 0. The number of halogens is 3. The Balaban J connectivity index is 1.50. The average molecular weight is 309 g/mol. The predicted molar refractivity (Wildman–Crippen MR) is 75.4 cm³/mol. The fourth-order valence-corrected chi connectivity index (χ4v) is 2.98. The molecular formula is C14H26F3N3O. The highest BCUT2D eigenvalue weighted by atomic mass is 19.4. The largest absolute Gasteiger partial charge is 0.401 e. The van der Waals surface area contributed by atoms with Crippen LogP contribution in [0.1, 0.15) is 19.3 Å². The van der Waals surface area contributed by atoms with Crippen molar-refractivity contribution in [2.75, 3.05) is 59.0 Å². The number of hydrogen-bond acceptors (Lipinski definition) is 4. The van der Waals surface area contributed by atoms with E-state index >= 15 is 0 Å². The molecule has 124 valence electrons. The van der Waals surface area contributed by atoms with Gasteiger partial charge in [0.25, 0.3) is 0 Å². The molecule has 0 bridgehead atoms. The molecule has 0 aromatic rings. The van der Waals surface area contributed by atoms with Gasteiger partial charge >= 0.3 is 6.18 Å². The van der Waals surface area contributed by atoms with E-state index in [0.717, 1.165) is 58.7 Å². The van der Waals surface area contributed by atoms with E-state index in [2.05, 4.69) is 10.2 Å². The Labute approximate surface area is 124 Å². The maximum atomic E-state index is 12.3. The number of likely N-dealkylation sites (tertiary alicyclic amines) is 1. The zero-order chi connectivity index (χ0) is 15.1. The Morgan fingerprint density at radius 2 is 1.67 bits per heavy atom. The predicted octanol–water partition coefficient (Wildman–Crippen LogP) is 1.32. The minimum absolute atomic E-state index is 0.374. The van der Waals surface area contributed by atoms with Crippen LogP contribution in [0.3, 0.4) is 0 Å². The van der Waals surface area contributed by atoms with Crippen LogP contribution in [0.2, 0.25) is 0 Å². The van der Waals surface area contributed by atoms with Crippen molar-refractivity contribution in [3.63, 3.8) is 0 Å². The fraction of sp³-hybridized carbons (Fsp3) is 1.00. The van der Waals surface area contributed by atoms with Crippen molar-refractivity contribution in [1.29, 1.82) is 0 Å². The van der Waals surface area contributed by atoms with Crippen molar-refractivity contribution >= 4 is 0 Å². The number of nitrogens with one attached hydrogen (secondary N) is 1. The fourth-order valence-electron chi connectivity index (χ4n) is 2.98. The van der Waals surface area contributed by atoms with Crippen LogP contribution in [0.5, 0.6) is 0 Å². The monoisotopic (exact) mass is 309 g/mol. The second-order valence-electron chi connectivity index (χ2n) is 5.93. The standard InChI is InChI=1S/C14H26F3N3O/c15-14(16,17)12-20-6-2-13(3-7-20)18-4-1-5-19-8-10-21-11-9-19/h13,18H,1-12H2. The molecule has 2 rings (SSSR count). The van der Waals surface area contributed by atoms with E-state index in [-0.39, 0.29) is 0 Å². The quantitative estimate of drug-likeness (QED) is 0.749. The zero-order valence-electron chi connectivity index (χ0n) is 12.5. The van der Waals surface area contributed by atoms with Crippen LogP contribution in [0, 0.1) is 0 Å². The summed E-state index contributed by atoms with van der Waals surface area (Å²) in [5, 5.41) is 3.48. The molecule has 2 saturated heterocycles. The molecule has 0 radical (unpaired) electrons. The van der Waals surface area contributed by atoms with Gasteiger partial charge in [0.05, 0.1) is 19.8 Å². The lowest BCUT2D eigenvalue weighted by Gasteiger charge is -2.33. The molecule has 0 saturated carbocycles. The number of ether oxygens (including phenoxy) is 1. The molecule has 2 aliphatic heterocycles. The van der Waals surface area contributed by atoms with Crippen LogP contribution in [0.25, 0.3) is 0 Å². The van der Waals surface area contributed by atoms with Gasteiger partial charge in [-0.2, -0.15) is 13.2 Å². The van der Waals surface area contributed by atoms with Crippen LogP contribution in [-0.2, 0) is 4.74 Å². The number of hydrogen-bond donors (Lipinski definition) is 1. The number of alkyl halides is 3. The van der Waals surface area contributed by atoms with Crippen LogP contribution in [0.4, 0.5) is 13.2 Å². The number of piperidine rings is 1. The normalized spacial score (nSPS) is 23.6. The molecule has 0 unspecified atom stereocenters. The van der Waals surface area contributed by atoms with Gasteiger partial charge in [-0.25, -0.2) is 0 Å².